The average molecular weight is 343 g/mol. The number of benzene rings is 2. The standard InChI is InChI=1S/C19H21NO3S/c1-13(2)14-8-10-15(11-9-14)20-18(21)12-23-19(22)16-6-4-5-7-17(16)24-3/h4-11,13H,12H2,1-3H3,(H,20,21). The summed E-state index contributed by atoms with van der Waals surface area (Å²) in [4.78, 5) is 24.8. The summed E-state index contributed by atoms with van der Waals surface area (Å²) >= 11 is 1.46. The van der Waals surface area contributed by atoms with Crippen LogP contribution in [0.15, 0.2) is 53.4 Å². The van der Waals surface area contributed by atoms with Crippen LogP contribution in [0.5, 0.6) is 0 Å². The molecule has 126 valence electrons. The molecule has 1 N–H and O–H groups in total. The van der Waals surface area contributed by atoms with Crippen LogP contribution in [0, 0.1) is 0 Å². The van der Waals surface area contributed by atoms with Crippen molar-refractivity contribution in [2.75, 3.05) is 18.2 Å². The Bertz CT molecular complexity index is 711. The Morgan fingerprint density at radius 3 is 2.38 bits per heavy atom. The third-order valence-corrected chi connectivity index (χ3v) is 4.32. The number of carbonyl (C=O) groups excluding carboxylic acids is 2. The van der Waals surface area contributed by atoms with E-state index in [2.05, 4.69) is 19.2 Å². The van der Waals surface area contributed by atoms with Crippen LogP contribution in [0.2, 0.25) is 0 Å². The second-order valence-corrected chi connectivity index (χ2v) is 6.45. The van der Waals surface area contributed by atoms with E-state index in [1.54, 1.807) is 12.1 Å². The summed E-state index contributed by atoms with van der Waals surface area (Å²) in [6, 6.07) is 14.8. The highest BCUT2D eigenvalue weighted by molar-refractivity contribution is 7.98. The smallest absolute Gasteiger partial charge is 0.339 e. The molecule has 2 rings (SSSR count). The first-order valence-corrected chi connectivity index (χ1v) is 8.93. The summed E-state index contributed by atoms with van der Waals surface area (Å²) in [5.41, 5.74) is 2.36. The number of ether oxygens (including phenoxy) is 1. The van der Waals surface area contributed by atoms with Crippen LogP contribution in [0.1, 0.15) is 35.7 Å². The van der Waals surface area contributed by atoms with Crippen molar-refractivity contribution in [1.82, 2.24) is 0 Å². The summed E-state index contributed by atoms with van der Waals surface area (Å²) < 4.78 is 5.10. The Labute approximate surface area is 146 Å². The van der Waals surface area contributed by atoms with Gasteiger partial charge in [0.1, 0.15) is 0 Å². The van der Waals surface area contributed by atoms with Crippen molar-refractivity contribution in [3.8, 4) is 0 Å². The molecule has 4 nitrogen and oxygen atoms in total. The van der Waals surface area contributed by atoms with Crippen molar-refractivity contribution >= 4 is 29.3 Å². The van der Waals surface area contributed by atoms with Gasteiger partial charge in [0.25, 0.3) is 5.91 Å². The molecule has 0 radical (unpaired) electrons. The summed E-state index contributed by atoms with van der Waals surface area (Å²) in [7, 11) is 0. The zero-order chi connectivity index (χ0) is 17.5. The van der Waals surface area contributed by atoms with Gasteiger partial charge in [-0.3, -0.25) is 4.79 Å². The fourth-order valence-corrected chi connectivity index (χ4v) is 2.76. The topological polar surface area (TPSA) is 55.4 Å². The highest BCUT2D eigenvalue weighted by Crippen LogP contribution is 2.20. The van der Waals surface area contributed by atoms with E-state index in [4.69, 9.17) is 4.74 Å². The molecule has 2 aromatic carbocycles. The maximum atomic E-state index is 12.1. The first-order valence-electron chi connectivity index (χ1n) is 7.71. The minimum absolute atomic E-state index is 0.312. The molecule has 0 aliphatic carbocycles. The molecule has 0 aromatic heterocycles. The number of anilines is 1. The largest absolute Gasteiger partial charge is 0.452 e. The molecule has 0 saturated heterocycles. The summed E-state index contributed by atoms with van der Waals surface area (Å²) in [6.45, 7) is 3.91. The number of hydrogen-bond donors (Lipinski definition) is 1. The van der Waals surface area contributed by atoms with E-state index in [1.165, 1.54) is 17.3 Å². The molecule has 0 saturated carbocycles. The molecule has 1 amide bonds. The van der Waals surface area contributed by atoms with E-state index in [0.717, 1.165) is 4.90 Å². The number of carbonyl (C=O) groups is 2. The molecule has 2 aromatic rings. The van der Waals surface area contributed by atoms with Crippen LogP contribution in [-0.4, -0.2) is 24.7 Å². The van der Waals surface area contributed by atoms with Gasteiger partial charge in [0, 0.05) is 10.6 Å². The van der Waals surface area contributed by atoms with Gasteiger partial charge in [-0.25, -0.2) is 4.79 Å². The van der Waals surface area contributed by atoms with E-state index >= 15 is 0 Å². The zero-order valence-corrected chi connectivity index (χ0v) is 14.9. The van der Waals surface area contributed by atoms with Crippen molar-refractivity contribution in [3.63, 3.8) is 0 Å². The zero-order valence-electron chi connectivity index (χ0n) is 14.0. The number of hydrogen-bond acceptors (Lipinski definition) is 4. The van der Waals surface area contributed by atoms with Gasteiger partial charge in [0.05, 0.1) is 5.56 Å². The van der Waals surface area contributed by atoms with Crippen molar-refractivity contribution in [2.45, 2.75) is 24.7 Å². The summed E-state index contributed by atoms with van der Waals surface area (Å²) in [6.07, 6.45) is 1.89. The monoisotopic (exact) mass is 343 g/mol. The first kappa shape index (κ1) is 18.1. The quantitative estimate of drug-likeness (QED) is 0.627. The molecule has 0 aliphatic heterocycles. The molecule has 0 fully saturated rings. The van der Waals surface area contributed by atoms with Gasteiger partial charge in [0.15, 0.2) is 6.61 Å². The normalized spacial score (nSPS) is 10.5. The van der Waals surface area contributed by atoms with Gasteiger partial charge >= 0.3 is 5.97 Å². The highest BCUT2D eigenvalue weighted by Gasteiger charge is 2.13. The maximum Gasteiger partial charge on any atom is 0.339 e. The molecule has 5 heteroatoms. The Morgan fingerprint density at radius 1 is 1.08 bits per heavy atom. The fourth-order valence-electron chi connectivity index (χ4n) is 2.17. The first-order chi connectivity index (χ1) is 11.5. The SMILES string of the molecule is CSc1ccccc1C(=O)OCC(=O)Nc1ccc(C(C)C)cc1. The van der Waals surface area contributed by atoms with Crippen LogP contribution in [0.25, 0.3) is 0 Å². The van der Waals surface area contributed by atoms with E-state index in [9.17, 15) is 9.59 Å². The summed E-state index contributed by atoms with van der Waals surface area (Å²) in [5, 5.41) is 2.72. The number of rotatable bonds is 6. The Morgan fingerprint density at radius 2 is 1.75 bits per heavy atom. The van der Waals surface area contributed by atoms with Gasteiger partial charge in [0.2, 0.25) is 0 Å². The predicted molar refractivity (Wildman–Crippen MR) is 97.7 cm³/mol. The molecule has 0 aliphatic rings. The number of amides is 1. The van der Waals surface area contributed by atoms with Crippen molar-refractivity contribution < 1.29 is 14.3 Å². The van der Waals surface area contributed by atoms with Gasteiger partial charge in [-0.1, -0.05) is 38.1 Å². The third-order valence-electron chi connectivity index (χ3n) is 3.52. The summed E-state index contributed by atoms with van der Waals surface area (Å²) in [5.74, 6) is -0.417. The van der Waals surface area contributed by atoms with E-state index in [1.807, 2.05) is 42.7 Å². The Kier molecular flexibility index (Phi) is 6.44. The lowest BCUT2D eigenvalue weighted by atomic mass is 10.0. The predicted octanol–water partition coefficient (Wildman–Crippen LogP) is 4.33. The molecule has 0 unspecified atom stereocenters. The van der Waals surface area contributed by atoms with Crippen molar-refractivity contribution in [1.29, 1.82) is 0 Å². The van der Waals surface area contributed by atoms with Crippen LogP contribution < -0.4 is 5.32 Å². The third kappa shape index (κ3) is 4.86. The molecular weight excluding hydrogens is 322 g/mol. The molecule has 0 atom stereocenters. The van der Waals surface area contributed by atoms with Crippen molar-refractivity contribution in [2.24, 2.45) is 0 Å². The Hall–Kier alpha value is -2.27. The molecule has 0 heterocycles. The lowest BCUT2D eigenvalue weighted by Gasteiger charge is -2.10. The van der Waals surface area contributed by atoms with Gasteiger partial charge in [-0.15, -0.1) is 11.8 Å². The van der Waals surface area contributed by atoms with Gasteiger partial charge < -0.3 is 10.1 Å². The van der Waals surface area contributed by atoms with Gasteiger partial charge in [-0.2, -0.15) is 0 Å². The Balaban J connectivity index is 1.89. The average Bonchev–Trinajstić information content (AvgIpc) is 2.60. The van der Waals surface area contributed by atoms with Crippen LogP contribution >= 0.6 is 11.8 Å². The second kappa shape index (κ2) is 8.55. The molecular formula is C19H21NO3S. The molecule has 0 bridgehead atoms. The lowest BCUT2D eigenvalue weighted by Crippen LogP contribution is -2.21. The van der Waals surface area contributed by atoms with Crippen LogP contribution in [0.4, 0.5) is 5.69 Å². The van der Waals surface area contributed by atoms with Gasteiger partial charge in [-0.05, 0) is 42.0 Å². The van der Waals surface area contributed by atoms with Crippen LogP contribution in [0.3, 0.4) is 0 Å². The minimum Gasteiger partial charge on any atom is -0.452 e. The number of nitrogens with one attached hydrogen (secondary N) is 1. The van der Waals surface area contributed by atoms with E-state index in [-0.39, 0.29) is 12.5 Å². The highest BCUT2D eigenvalue weighted by atomic mass is 32.2. The van der Waals surface area contributed by atoms with Crippen LogP contribution in [-0.2, 0) is 9.53 Å². The minimum atomic E-state index is -0.495. The lowest BCUT2D eigenvalue weighted by molar-refractivity contribution is -0.119. The van der Waals surface area contributed by atoms with E-state index in [0.29, 0.717) is 17.2 Å². The van der Waals surface area contributed by atoms with E-state index < -0.39 is 5.97 Å². The number of thioether (sulfide) groups is 1. The number of esters is 1. The molecule has 24 heavy (non-hydrogen) atoms. The molecule has 0 spiro atoms. The fraction of sp³-hybridized carbons (Fsp3) is 0.263. The second-order valence-electron chi connectivity index (χ2n) is 5.60. The maximum absolute atomic E-state index is 12.1. The van der Waals surface area contributed by atoms with Crippen molar-refractivity contribution in [3.05, 3.63) is 59.7 Å².